The fourth-order valence-electron chi connectivity index (χ4n) is 1.21. The predicted molar refractivity (Wildman–Crippen MR) is 58.0 cm³/mol. The number of thioether (sulfide) groups is 1. The van der Waals surface area contributed by atoms with Gasteiger partial charge in [0.1, 0.15) is 0 Å². The Morgan fingerprint density at radius 1 is 1.31 bits per heavy atom. The van der Waals surface area contributed by atoms with Crippen LogP contribution in [-0.2, 0) is 0 Å². The van der Waals surface area contributed by atoms with E-state index in [-0.39, 0.29) is 12.0 Å². The van der Waals surface area contributed by atoms with E-state index in [9.17, 15) is 5.11 Å². The van der Waals surface area contributed by atoms with Crippen LogP contribution in [0.3, 0.4) is 0 Å². The average Bonchev–Trinajstić information content (AvgIpc) is 2.16. The SMILES string of the molecule is CSc1cccc(C(O)C(C)C)c1. The van der Waals surface area contributed by atoms with Crippen molar-refractivity contribution >= 4 is 11.8 Å². The summed E-state index contributed by atoms with van der Waals surface area (Å²) in [5.74, 6) is 0.275. The normalized spacial score (nSPS) is 13.3. The van der Waals surface area contributed by atoms with Crippen LogP contribution in [0.2, 0.25) is 0 Å². The number of hydrogen-bond donors (Lipinski definition) is 1. The van der Waals surface area contributed by atoms with Crippen LogP contribution in [0.4, 0.5) is 0 Å². The van der Waals surface area contributed by atoms with Crippen molar-refractivity contribution in [2.45, 2.75) is 24.8 Å². The standard InChI is InChI=1S/C11H16OS/c1-8(2)11(12)9-5-4-6-10(7-9)13-3/h4-8,11-12H,1-3H3. The van der Waals surface area contributed by atoms with E-state index in [0.717, 1.165) is 5.56 Å². The molecule has 1 atom stereocenters. The minimum Gasteiger partial charge on any atom is -0.388 e. The van der Waals surface area contributed by atoms with Gasteiger partial charge in [0.25, 0.3) is 0 Å². The smallest absolute Gasteiger partial charge is 0.0813 e. The molecule has 0 amide bonds. The Hall–Kier alpha value is -0.470. The van der Waals surface area contributed by atoms with Crippen molar-refractivity contribution < 1.29 is 5.11 Å². The Labute approximate surface area is 84.2 Å². The van der Waals surface area contributed by atoms with E-state index >= 15 is 0 Å². The molecule has 0 fully saturated rings. The maximum atomic E-state index is 9.81. The fraction of sp³-hybridized carbons (Fsp3) is 0.455. The largest absolute Gasteiger partial charge is 0.388 e. The van der Waals surface area contributed by atoms with Crippen molar-refractivity contribution in [1.82, 2.24) is 0 Å². The van der Waals surface area contributed by atoms with Crippen molar-refractivity contribution in [2.24, 2.45) is 5.92 Å². The van der Waals surface area contributed by atoms with Crippen molar-refractivity contribution in [3.8, 4) is 0 Å². The molecular weight excluding hydrogens is 180 g/mol. The van der Waals surface area contributed by atoms with Crippen molar-refractivity contribution in [2.75, 3.05) is 6.26 Å². The van der Waals surface area contributed by atoms with Crippen LogP contribution in [0.15, 0.2) is 29.2 Å². The van der Waals surface area contributed by atoms with Crippen LogP contribution >= 0.6 is 11.8 Å². The lowest BCUT2D eigenvalue weighted by Crippen LogP contribution is -2.04. The molecule has 0 bridgehead atoms. The van der Waals surface area contributed by atoms with Gasteiger partial charge in [0, 0.05) is 4.90 Å². The Balaban J connectivity index is 2.88. The van der Waals surface area contributed by atoms with E-state index in [4.69, 9.17) is 0 Å². The first-order chi connectivity index (χ1) is 6.15. The molecule has 0 radical (unpaired) electrons. The highest BCUT2D eigenvalue weighted by molar-refractivity contribution is 7.98. The Morgan fingerprint density at radius 3 is 2.54 bits per heavy atom. The number of benzene rings is 1. The molecule has 2 heteroatoms. The lowest BCUT2D eigenvalue weighted by molar-refractivity contribution is 0.126. The van der Waals surface area contributed by atoms with E-state index in [0.29, 0.717) is 0 Å². The summed E-state index contributed by atoms with van der Waals surface area (Å²) in [6.07, 6.45) is 1.70. The molecule has 0 aliphatic rings. The molecule has 1 rings (SSSR count). The topological polar surface area (TPSA) is 20.2 Å². The molecule has 13 heavy (non-hydrogen) atoms. The molecule has 1 aromatic rings. The third-order valence-electron chi connectivity index (χ3n) is 2.07. The van der Waals surface area contributed by atoms with Gasteiger partial charge in [-0.2, -0.15) is 0 Å². The summed E-state index contributed by atoms with van der Waals surface area (Å²) in [6, 6.07) is 8.08. The molecule has 1 nitrogen and oxygen atoms in total. The van der Waals surface area contributed by atoms with E-state index in [2.05, 4.69) is 12.1 Å². The molecule has 72 valence electrons. The van der Waals surface area contributed by atoms with E-state index in [1.165, 1.54) is 4.90 Å². The van der Waals surface area contributed by atoms with Gasteiger partial charge in [0.05, 0.1) is 6.10 Å². The van der Waals surface area contributed by atoms with Gasteiger partial charge in [-0.25, -0.2) is 0 Å². The Kier molecular flexibility index (Phi) is 3.82. The minimum absolute atomic E-state index is 0.275. The minimum atomic E-state index is -0.341. The summed E-state index contributed by atoms with van der Waals surface area (Å²) in [5.41, 5.74) is 1.02. The molecule has 0 saturated heterocycles. The predicted octanol–water partition coefficient (Wildman–Crippen LogP) is 3.10. The zero-order chi connectivity index (χ0) is 9.84. The van der Waals surface area contributed by atoms with Crippen molar-refractivity contribution in [3.05, 3.63) is 29.8 Å². The highest BCUT2D eigenvalue weighted by Crippen LogP contribution is 2.24. The van der Waals surface area contributed by atoms with Gasteiger partial charge in [-0.15, -0.1) is 11.8 Å². The highest BCUT2D eigenvalue weighted by atomic mass is 32.2. The van der Waals surface area contributed by atoms with Crippen LogP contribution in [0.1, 0.15) is 25.5 Å². The molecule has 1 N–H and O–H groups in total. The first-order valence-corrected chi connectivity index (χ1v) is 5.69. The Bertz CT molecular complexity index is 271. The fourth-order valence-corrected chi connectivity index (χ4v) is 1.68. The molecule has 0 heterocycles. The third-order valence-corrected chi connectivity index (χ3v) is 2.79. The summed E-state index contributed by atoms with van der Waals surface area (Å²) in [5, 5.41) is 9.81. The maximum absolute atomic E-state index is 9.81. The third kappa shape index (κ3) is 2.75. The summed E-state index contributed by atoms with van der Waals surface area (Å²) >= 11 is 1.70. The molecule has 0 aliphatic heterocycles. The van der Waals surface area contributed by atoms with Gasteiger partial charge < -0.3 is 5.11 Å². The molecular formula is C11H16OS. The molecule has 1 unspecified atom stereocenters. The van der Waals surface area contributed by atoms with Gasteiger partial charge in [-0.05, 0) is 29.9 Å². The summed E-state index contributed by atoms with van der Waals surface area (Å²) in [7, 11) is 0. The second-order valence-electron chi connectivity index (χ2n) is 3.47. The van der Waals surface area contributed by atoms with Gasteiger partial charge >= 0.3 is 0 Å². The van der Waals surface area contributed by atoms with E-state index in [1.807, 2.05) is 32.2 Å². The first kappa shape index (κ1) is 10.6. The summed E-state index contributed by atoms with van der Waals surface area (Å²) in [6.45, 7) is 4.05. The number of hydrogen-bond acceptors (Lipinski definition) is 2. The second-order valence-corrected chi connectivity index (χ2v) is 4.35. The maximum Gasteiger partial charge on any atom is 0.0813 e. The van der Waals surface area contributed by atoms with Gasteiger partial charge in [-0.3, -0.25) is 0 Å². The zero-order valence-corrected chi connectivity index (χ0v) is 9.14. The molecule has 0 spiro atoms. The monoisotopic (exact) mass is 196 g/mol. The lowest BCUT2D eigenvalue weighted by Gasteiger charge is -2.15. The van der Waals surface area contributed by atoms with Crippen molar-refractivity contribution in [1.29, 1.82) is 0 Å². The zero-order valence-electron chi connectivity index (χ0n) is 8.32. The lowest BCUT2D eigenvalue weighted by atomic mass is 9.99. The number of aliphatic hydroxyl groups excluding tert-OH is 1. The van der Waals surface area contributed by atoms with E-state index < -0.39 is 0 Å². The van der Waals surface area contributed by atoms with Crippen molar-refractivity contribution in [3.63, 3.8) is 0 Å². The van der Waals surface area contributed by atoms with E-state index in [1.54, 1.807) is 11.8 Å². The quantitative estimate of drug-likeness (QED) is 0.750. The molecule has 1 aromatic carbocycles. The van der Waals surface area contributed by atoms with Crippen LogP contribution in [0.5, 0.6) is 0 Å². The van der Waals surface area contributed by atoms with Crippen LogP contribution in [0, 0.1) is 5.92 Å². The van der Waals surface area contributed by atoms with Crippen LogP contribution < -0.4 is 0 Å². The van der Waals surface area contributed by atoms with Gasteiger partial charge in [-0.1, -0.05) is 26.0 Å². The Morgan fingerprint density at radius 2 is 2.00 bits per heavy atom. The highest BCUT2D eigenvalue weighted by Gasteiger charge is 2.11. The molecule has 0 saturated carbocycles. The van der Waals surface area contributed by atoms with Gasteiger partial charge in [0.2, 0.25) is 0 Å². The average molecular weight is 196 g/mol. The summed E-state index contributed by atoms with van der Waals surface area (Å²) in [4.78, 5) is 1.21. The first-order valence-electron chi connectivity index (χ1n) is 4.47. The molecule has 0 aromatic heterocycles. The van der Waals surface area contributed by atoms with Crippen LogP contribution in [0.25, 0.3) is 0 Å². The van der Waals surface area contributed by atoms with Crippen LogP contribution in [-0.4, -0.2) is 11.4 Å². The number of aliphatic hydroxyl groups is 1. The summed E-state index contributed by atoms with van der Waals surface area (Å²) < 4.78 is 0. The molecule has 0 aliphatic carbocycles. The van der Waals surface area contributed by atoms with Gasteiger partial charge in [0.15, 0.2) is 0 Å². The number of rotatable bonds is 3. The second kappa shape index (κ2) is 4.68.